The van der Waals surface area contributed by atoms with Crippen LogP contribution in [0.5, 0.6) is 0 Å². The van der Waals surface area contributed by atoms with Gasteiger partial charge in [0.15, 0.2) is 0 Å². The SMILES string of the molecule is CC(C)C(=O)CC12CC3CC(CC(C3)C1CC(C)C(=O)CCc1ccccc1)C2. The number of rotatable bonds is 9. The molecule has 4 aliphatic rings. The van der Waals surface area contributed by atoms with E-state index >= 15 is 0 Å². The molecule has 0 N–H and O–H groups in total. The molecule has 1 aromatic rings. The van der Waals surface area contributed by atoms with Crippen LogP contribution in [-0.4, -0.2) is 11.6 Å². The summed E-state index contributed by atoms with van der Waals surface area (Å²) in [7, 11) is 0. The highest BCUT2D eigenvalue weighted by Crippen LogP contribution is 2.65. The zero-order valence-corrected chi connectivity index (χ0v) is 18.5. The van der Waals surface area contributed by atoms with Crippen LogP contribution in [0.2, 0.25) is 0 Å². The Balaban J connectivity index is 1.44. The lowest BCUT2D eigenvalue weighted by molar-refractivity contribution is -0.145. The van der Waals surface area contributed by atoms with Gasteiger partial charge in [0.25, 0.3) is 0 Å². The predicted octanol–water partition coefficient (Wildman–Crippen LogP) is 6.27. The summed E-state index contributed by atoms with van der Waals surface area (Å²) in [5.74, 6) is 4.12. The number of hydrogen-bond acceptors (Lipinski definition) is 2. The fourth-order valence-electron chi connectivity index (χ4n) is 7.25. The first-order chi connectivity index (χ1) is 13.9. The Labute approximate surface area is 176 Å². The molecule has 4 unspecified atom stereocenters. The van der Waals surface area contributed by atoms with Crippen LogP contribution in [0.3, 0.4) is 0 Å². The summed E-state index contributed by atoms with van der Waals surface area (Å²) in [6.07, 6.45) is 9.85. The van der Waals surface area contributed by atoms with E-state index in [-0.39, 0.29) is 17.3 Å². The van der Waals surface area contributed by atoms with Crippen LogP contribution in [-0.2, 0) is 16.0 Å². The molecule has 4 bridgehead atoms. The number of benzene rings is 1. The van der Waals surface area contributed by atoms with Gasteiger partial charge in [-0.25, -0.2) is 0 Å². The molecule has 0 saturated heterocycles. The van der Waals surface area contributed by atoms with Gasteiger partial charge in [-0.05, 0) is 79.6 Å². The van der Waals surface area contributed by atoms with Crippen LogP contribution in [0.1, 0.15) is 77.7 Å². The highest BCUT2D eigenvalue weighted by atomic mass is 16.1. The van der Waals surface area contributed by atoms with Gasteiger partial charge in [0.05, 0.1) is 0 Å². The van der Waals surface area contributed by atoms with Crippen LogP contribution >= 0.6 is 0 Å². The third-order valence-electron chi connectivity index (χ3n) is 8.52. The molecule has 0 aromatic heterocycles. The molecule has 158 valence electrons. The molecule has 1 aromatic carbocycles. The average molecular weight is 395 g/mol. The van der Waals surface area contributed by atoms with Crippen molar-refractivity contribution in [2.24, 2.45) is 40.9 Å². The fraction of sp³-hybridized carbons (Fsp3) is 0.704. The average Bonchev–Trinajstić information content (AvgIpc) is 2.68. The molecule has 4 aliphatic carbocycles. The first-order valence-electron chi connectivity index (χ1n) is 12.0. The van der Waals surface area contributed by atoms with E-state index in [4.69, 9.17) is 0 Å². The molecule has 4 saturated carbocycles. The Morgan fingerprint density at radius 1 is 0.966 bits per heavy atom. The van der Waals surface area contributed by atoms with Gasteiger partial charge in [-0.15, -0.1) is 0 Å². The van der Waals surface area contributed by atoms with Gasteiger partial charge >= 0.3 is 0 Å². The van der Waals surface area contributed by atoms with Gasteiger partial charge in [-0.1, -0.05) is 51.1 Å². The van der Waals surface area contributed by atoms with Gasteiger partial charge in [0, 0.05) is 24.7 Å². The molecule has 0 amide bonds. The molecule has 29 heavy (non-hydrogen) atoms. The largest absolute Gasteiger partial charge is 0.299 e. The molecule has 0 aliphatic heterocycles. The predicted molar refractivity (Wildman–Crippen MR) is 117 cm³/mol. The van der Waals surface area contributed by atoms with Crippen molar-refractivity contribution in [2.75, 3.05) is 0 Å². The third kappa shape index (κ3) is 4.37. The van der Waals surface area contributed by atoms with Gasteiger partial charge in [-0.2, -0.15) is 0 Å². The number of carbonyl (C=O) groups excluding carboxylic acids is 2. The minimum atomic E-state index is 0.118. The topological polar surface area (TPSA) is 34.1 Å². The molecule has 2 nitrogen and oxygen atoms in total. The summed E-state index contributed by atoms with van der Waals surface area (Å²) < 4.78 is 0. The Hall–Kier alpha value is -1.44. The highest BCUT2D eigenvalue weighted by molar-refractivity contribution is 5.82. The number of hydrogen-bond donors (Lipinski definition) is 0. The molecular formula is C27H38O2. The second-order valence-electron chi connectivity index (χ2n) is 11.0. The van der Waals surface area contributed by atoms with Crippen molar-refractivity contribution in [1.82, 2.24) is 0 Å². The van der Waals surface area contributed by atoms with Crippen LogP contribution in [0.25, 0.3) is 0 Å². The lowest BCUT2D eigenvalue weighted by Gasteiger charge is -2.62. The van der Waals surface area contributed by atoms with E-state index < -0.39 is 0 Å². The van der Waals surface area contributed by atoms with E-state index in [1.807, 2.05) is 32.0 Å². The monoisotopic (exact) mass is 394 g/mol. The van der Waals surface area contributed by atoms with E-state index in [9.17, 15) is 9.59 Å². The summed E-state index contributed by atoms with van der Waals surface area (Å²) in [6.45, 7) is 6.25. The van der Waals surface area contributed by atoms with Gasteiger partial charge in [0.2, 0.25) is 0 Å². The number of ketones is 2. The van der Waals surface area contributed by atoms with Crippen LogP contribution < -0.4 is 0 Å². The van der Waals surface area contributed by atoms with E-state index in [0.29, 0.717) is 23.9 Å². The van der Waals surface area contributed by atoms with Crippen LogP contribution in [0, 0.1) is 40.9 Å². The maximum Gasteiger partial charge on any atom is 0.136 e. The van der Waals surface area contributed by atoms with Crippen molar-refractivity contribution in [3.8, 4) is 0 Å². The Bertz CT molecular complexity index is 720. The third-order valence-corrected chi connectivity index (χ3v) is 8.52. The summed E-state index contributed by atoms with van der Waals surface area (Å²) in [6, 6.07) is 10.4. The molecular weight excluding hydrogens is 356 g/mol. The van der Waals surface area contributed by atoms with Crippen LogP contribution in [0.15, 0.2) is 30.3 Å². The van der Waals surface area contributed by atoms with Crippen LogP contribution in [0.4, 0.5) is 0 Å². The molecule has 4 atom stereocenters. The van der Waals surface area contributed by atoms with Crippen molar-refractivity contribution >= 4 is 11.6 Å². The van der Waals surface area contributed by atoms with Gasteiger partial charge in [-0.3, -0.25) is 9.59 Å². The maximum atomic E-state index is 13.0. The summed E-state index contributed by atoms with van der Waals surface area (Å²) in [5, 5.41) is 0. The highest BCUT2D eigenvalue weighted by Gasteiger charge is 2.57. The lowest BCUT2D eigenvalue weighted by Crippen LogP contribution is -2.54. The minimum Gasteiger partial charge on any atom is -0.299 e. The van der Waals surface area contributed by atoms with Crippen molar-refractivity contribution in [3.05, 3.63) is 35.9 Å². The van der Waals surface area contributed by atoms with Gasteiger partial charge < -0.3 is 0 Å². The molecule has 4 fully saturated rings. The Morgan fingerprint density at radius 2 is 1.62 bits per heavy atom. The van der Waals surface area contributed by atoms with E-state index in [1.54, 1.807) is 0 Å². The Morgan fingerprint density at radius 3 is 2.24 bits per heavy atom. The maximum absolute atomic E-state index is 13.0. The van der Waals surface area contributed by atoms with Crippen molar-refractivity contribution in [2.45, 2.75) is 78.6 Å². The zero-order chi connectivity index (χ0) is 20.6. The molecule has 0 radical (unpaired) electrons. The second kappa shape index (κ2) is 8.36. The number of Topliss-reactive ketones (excluding diaryl/α,β-unsaturated/α-hetero) is 2. The summed E-state index contributed by atoms with van der Waals surface area (Å²) in [4.78, 5) is 25.7. The molecule has 0 spiro atoms. The number of carbonyl (C=O) groups is 2. The Kier molecular flexibility index (Phi) is 6.00. The standard InChI is InChI=1S/C27H38O2/c1-18(2)26(29)17-27-15-21-12-22(16-27)14-23(13-21)24(27)11-19(3)25(28)10-9-20-7-5-4-6-8-20/h4-8,18-19,21-24H,9-17H2,1-3H3. The molecule has 5 rings (SSSR count). The quantitative estimate of drug-likeness (QED) is 0.494. The van der Waals surface area contributed by atoms with E-state index in [2.05, 4.69) is 19.1 Å². The first kappa shape index (κ1) is 20.8. The molecule has 2 heteroatoms. The molecule has 0 heterocycles. The van der Waals surface area contributed by atoms with E-state index in [1.165, 1.54) is 37.7 Å². The zero-order valence-electron chi connectivity index (χ0n) is 18.5. The lowest BCUT2D eigenvalue weighted by atomic mass is 9.43. The van der Waals surface area contributed by atoms with E-state index in [0.717, 1.165) is 37.0 Å². The number of aryl methyl sites for hydroxylation is 1. The summed E-state index contributed by atoms with van der Waals surface area (Å²) >= 11 is 0. The van der Waals surface area contributed by atoms with Gasteiger partial charge in [0.1, 0.15) is 11.6 Å². The van der Waals surface area contributed by atoms with Crippen molar-refractivity contribution in [3.63, 3.8) is 0 Å². The first-order valence-corrected chi connectivity index (χ1v) is 12.0. The summed E-state index contributed by atoms with van der Waals surface area (Å²) in [5.41, 5.74) is 1.45. The fourth-order valence-corrected chi connectivity index (χ4v) is 7.25. The smallest absolute Gasteiger partial charge is 0.136 e. The van der Waals surface area contributed by atoms with Crippen molar-refractivity contribution in [1.29, 1.82) is 0 Å². The minimum absolute atomic E-state index is 0.118. The van der Waals surface area contributed by atoms with Crippen molar-refractivity contribution < 1.29 is 9.59 Å². The normalized spacial score (nSPS) is 33.8. The second-order valence-corrected chi connectivity index (χ2v) is 11.0.